The molecule has 7 nitrogen and oxygen atoms in total. The molecule has 0 saturated heterocycles. The van der Waals surface area contributed by atoms with Crippen LogP contribution in [0.25, 0.3) is 28.2 Å². The molecule has 0 unspecified atom stereocenters. The number of pyridine rings is 1. The van der Waals surface area contributed by atoms with Crippen LogP contribution in [0.15, 0.2) is 71.5 Å². The Hall–Kier alpha value is -4.80. The first-order valence-electron chi connectivity index (χ1n) is 8.96. The van der Waals surface area contributed by atoms with Crippen LogP contribution in [-0.2, 0) is 0 Å². The van der Waals surface area contributed by atoms with Gasteiger partial charge in [-0.25, -0.2) is 9.67 Å². The number of hydrogen-bond donors (Lipinski definition) is 0. The van der Waals surface area contributed by atoms with Crippen molar-refractivity contribution < 1.29 is 0 Å². The van der Waals surface area contributed by atoms with E-state index in [9.17, 15) is 20.6 Å². The first-order valence-corrected chi connectivity index (χ1v) is 8.96. The van der Waals surface area contributed by atoms with E-state index < -0.39 is 11.5 Å². The summed E-state index contributed by atoms with van der Waals surface area (Å²) < 4.78 is 1.62. The molecule has 0 saturated carbocycles. The molecule has 0 atom stereocenters. The van der Waals surface area contributed by atoms with Crippen molar-refractivity contribution >= 4 is 0 Å². The van der Waals surface area contributed by atoms with Gasteiger partial charge >= 0.3 is 0 Å². The average Bonchev–Trinajstić information content (AvgIpc) is 2.80. The molecule has 0 N–H and O–H groups in total. The first kappa shape index (κ1) is 18.6. The van der Waals surface area contributed by atoms with E-state index in [0.29, 0.717) is 5.69 Å². The van der Waals surface area contributed by atoms with E-state index in [1.165, 1.54) is 0 Å². The van der Waals surface area contributed by atoms with Gasteiger partial charge in [-0.1, -0.05) is 48.5 Å². The molecule has 2 heterocycles. The molecule has 4 rings (SSSR count). The lowest BCUT2D eigenvalue weighted by atomic mass is 9.95. The Balaban J connectivity index is 2.14. The minimum absolute atomic E-state index is 0.00240. The highest BCUT2D eigenvalue weighted by molar-refractivity contribution is 5.76. The van der Waals surface area contributed by atoms with Crippen molar-refractivity contribution in [2.75, 3.05) is 0 Å². The number of fused-ring (bicyclic) bond motifs is 1. The average molecular weight is 388 g/mol. The largest absolute Gasteiger partial charge is 0.298 e. The van der Waals surface area contributed by atoms with Crippen molar-refractivity contribution in [3.63, 3.8) is 0 Å². The van der Waals surface area contributed by atoms with Gasteiger partial charge in [0.1, 0.15) is 6.07 Å². The Morgan fingerprint density at radius 2 is 1.53 bits per heavy atom. The van der Waals surface area contributed by atoms with Crippen molar-refractivity contribution in [2.45, 2.75) is 5.92 Å². The summed E-state index contributed by atoms with van der Waals surface area (Å²) in [4.78, 5) is 16.6. The van der Waals surface area contributed by atoms with E-state index in [1.807, 2.05) is 66.7 Å². The van der Waals surface area contributed by atoms with E-state index >= 15 is 0 Å². The lowest BCUT2D eigenvalue weighted by molar-refractivity contribution is 0.841. The number of nitriles is 3. The molecule has 0 spiro atoms. The molecule has 7 heteroatoms. The van der Waals surface area contributed by atoms with Crippen LogP contribution in [-0.4, -0.2) is 14.8 Å². The van der Waals surface area contributed by atoms with Crippen molar-refractivity contribution in [3.8, 4) is 46.4 Å². The van der Waals surface area contributed by atoms with Gasteiger partial charge in [0.25, 0.3) is 5.56 Å². The molecule has 0 aromatic heterocycles. The molecule has 140 valence electrons. The molecule has 2 aliphatic rings. The molecule has 0 aliphatic carbocycles. The number of aromatic nitrogens is 3. The highest BCUT2D eigenvalue weighted by Crippen LogP contribution is 2.31. The molecule has 0 bridgehead atoms. The van der Waals surface area contributed by atoms with Gasteiger partial charge in [-0.3, -0.25) is 4.79 Å². The monoisotopic (exact) mass is 388 g/mol. The summed E-state index contributed by atoms with van der Waals surface area (Å²) in [7, 11) is 0. The minimum atomic E-state index is -1.32. The van der Waals surface area contributed by atoms with E-state index in [0.717, 1.165) is 11.3 Å². The third-order valence-electron chi connectivity index (χ3n) is 4.63. The van der Waals surface area contributed by atoms with Gasteiger partial charge in [-0.15, -0.1) is 0 Å². The summed E-state index contributed by atoms with van der Waals surface area (Å²) in [6.45, 7) is 0. The van der Waals surface area contributed by atoms with Gasteiger partial charge in [-0.05, 0) is 18.2 Å². The third-order valence-corrected chi connectivity index (χ3v) is 4.63. The van der Waals surface area contributed by atoms with E-state index in [-0.39, 0.29) is 22.5 Å². The summed E-state index contributed by atoms with van der Waals surface area (Å²) in [5.41, 5.74) is 1.62. The Kier molecular flexibility index (Phi) is 4.75. The fourth-order valence-electron chi connectivity index (χ4n) is 3.24. The third kappa shape index (κ3) is 3.05. The van der Waals surface area contributed by atoms with Crippen molar-refractivity contribution in [3.05, 3.63) is 88.3 Å². The molecule has 2 aliphatic heterocycles. The fourth-order valence-corrected chi connectivity index (χ4v) is 3.24. The van der Waals surface area contributed by atoms with Crippen molar-refractivity contribution in [1.82, 2.24) is 14.8 Å². The van der Waals surface area contributed by atoms with Gasteiger partial charge in [-0.2, -0.15) is 20.9 Å². The van der Waals surface area contributed by atoms with Crippen molar-refractivity contribution in [1.29, 1.82) is 15.8 Å². The van der Waals surface area contributed by atoms with Crippen LogP contribution in [0, 0.1) is 34.0 Å². The highest BCUT2D eigenvalue weighted by Gasteiger charge is 2.26. The standard InChI is InChI=1S/C23H12N6O/c24-12-16(13-25)21-19(14-26)18-11-20(15-7-3-1-4-8-15)29(17-9-5-2-6-10-17)28-22(18)23(30)27-21/h1-11,16H. The van der Waals surface area contributed by atoms with E-state index in [1.54, 1.807) is 22.9 Å². The van der Waals surface area contributed by atoms with Crippen LogP contribution < -0.4 is 5.56 Å². The maximum Gasteiger partial charge on any atom is 0.298 e. The number of nitrogens with zero attached hydrogens (tertiary/aromatic N) is 6. The summed E-state index contributed by atoms with van der Waals surface area (Å²) >= 11 is 0. The number of benzene rings is 2. The predicted molar refractivity (Wildman–Crippen MR) is 108 cm³/mol. The van der Waals surface area contributed by atoms with E-state index in [4.69, 9.17) is 0 Å². The zero-order valence-electron chi connectivity index (χ0n) is 15.5. The van der Waals surface area contributed by atoms with Crippen LogP contribution in [0.1, 0.15) is 17.2 Å². The summed E-state index contributed by atoms with van der Waals surface area (Å²) in [6.07, 6.45) is 0. The van der Waals surface area contributed by atoms with Gasteiger partial charge in [0.2, 0.25) is 0 Å². The minimum Gasteiger partial charge on any atom is -0.265 e. The molecule has 30 heavy (non-hydrogen) atoms. The van der Waals surface area contributed by atoms with Crippen LogP contribution in [0.2, 0.25) is 0 Å². The zero-order valence-corrected chi connectivity index (χ0v) is 15.5. The Morgan fingerprint density at radius 3 is 2.13 bits per heavy atom. The second-order valence-electron chi connectivity index (χ2n) is 6.39. The highest BCUT2D eigenvalue weighted by atomic mass is 16.1. The van der Waals surface area contributed by atoms with Gasteiger partial charge in [0.05, 0.1) is 34.8 Å². The van der Waals surface area contributed by atoms with Gasteiger partial charge in [0.15, 0.2) is 11.6 Å². The molecular formula is C23H12N6O. The molecule has 2 aromatic rings. The second-order valence-corrected chi connectivity index (χ2v) is 6.39. The molecule has 0 amide bonds. The first-order chi connectivity index (χ1) is 14.7. The normalized spacial score (nSPS) is 10.3. The van der Waals surface area contributed by atoms with E-state index in [2.05, 4.69) is 10.1 Å². The Bertz CT molecular complexity index is 1370. The second kappa shape index (κ2) is 7.67. The lowest BCUT2D eigenvalue weighted by Gasteiger charge is -2.18. The topological polar surface area (TPSA) is 119 Å². The van der Waals surface area contributed by atoms with Crippen molar-refractivity contribution in [2.24, 2.45) is 0 Å². The van der Waals surface area contributed by atoms with Crippen LogP contribution in [0.4, 0.5) is 0 Å². The van der Waals surface area contributed by atoms with Gasteiger partial charge in [0, 0.05) is 11.1 Å². The smallest absolute Gasteiger partial charge is 0.265 e. The maximum absolute atomic E-state index is 12.7. The summed E-state index contributed by atoms with van der Waals surface area (Å²) in [5, 5.41) is 32.7. The van der Waals surface area contributed by atoms with Gasteiger partial charge < -0.3 is 0 Å². The SMILES string of the molecule is N#Cc1c2cc(-c3ccccc3)n(-c3ccccc3)nc-2c(=O)nc1C(C#N)C#N. The maximum atomic E-state index is 12.7. The Morgan fingerprint density at radius 1 is 0.900 bits per heavy atom. The molecule has 0 fully saturated rings. The summed E-state index contributed by atoms with van der Waals surface area (Å²) in [6, 6.07) is 25.9. The predicted octanol–water partition coefficient (Wildman–Crippen LogP) is 3.40. The lowest BCUT2D eigenvalue weighted by Crippen LogP contribution is -2.21. The zero-order chi connectivity index (χ0) is 21.1. The fraction of sp³-hybridized carbons (Fsp3) is 0.0435. The van der Waals surface area contributed by atoms with Crippen LogP contribution >= 0.6 is 0 Å². The summed E-state index contributed by atoms with van der Waals surface area (Å²) in [5.74, 6) is -1.32. The Labute approximate surface area is 171 Å². The number of para-hydroxylation sites is 1. The van der Waals surface area contributed by atoms with Crippen LogP contribution in [0.3, 0.4) is 0 Å². The number of hydrogen-bond acceptors (Lipinski definition) is 6. The molecular weight excluding hydrogens is 376 g/mol. The van der Waals surface area contributed by atoms with Crippen LogP contribution in [0.5, 0.6) is 0 Å². The molecule has 2 aromatic carbocycles. The quantitative estimate of drug-likeness (QED) is 0.530. The number of rotatable bonds is 3. The molecule has 0 radical (unpaired) electrons.